The molecule has 0 aliphatic heterocycles. The summed E-state index contributed by atoms with van der Waals surface area (Å²) in [6.45, 7) is 12.6. The Balaban J connectivity index is 2.71. The fraction of sp³-hybridized carbons (Fsp3) is 0.941. The van der Waals surface area contributed by atoms with Gasteiger partial charge in [-0.3, -0.25) is 4.79 Å². The van der Waals surface area contributed by atoms with Crippen LogP contribution in [-0.4, -0.2) is 17.4 Å². The number of carbonyl (C=O) groups excluding carboxylic acids is 1. The van der Waals surface area contributed by atoms with Gasteiger partial charge in [-0.05, 0) is 33.1 Å². The molecule has 0 aromatic heterocycles. The Kier molecular flexibility index (Phi) is 5.61. The Labute approximate surface area is 119 Å². The fourth-order valence-corrected chi connectivity index (χ4v) is 3.03. The van der Waals surface area contributed by atoms with Crippen molar-refractivity contribution >= 4 is 5.78 Å². The van der Waals surface area contributed by atoms with Gasteiger partial charge >= 0.3 is 0 Å². The fourth-order valence-electron chi connectivity index (χ4n) is 3.03. The largest absolute Gasteiger partial charge is 0.303 e. The van der Waals surface area contributed by atoms with Gasteiger partial charge in [-0.1, -0.05) is 52.9 Å². The Hall–Kier alpha value is -0.370. The third kappa shape index (κ3) is 6.07. The molecule has 0 radical (unpaired) electrons. The molecule has 1 aliphatic rings. The van der Waals surface area contributed by atoms with Crippen molar-refractivity contribution in [3.8, 4) is 0 Å². The van der Waals surface area contributed by atoms with Crippen molar-refractivity contribution < 1.29 is 4.79 Å². The van der Waals surface area contributed by atoms with Gasteiger partial charge < -0.3 is 5.32 Å². The van der Waals surface area contributed by atoms with Crippen LogP contribution in [0.3, 0.4) is 0 Å². The number of nitrogens with one attached hydrogen (secondary N) is 1. The van der Waals surface area contributed by atoms with Crippen LogP contribution in [0.5, 0.6) is 0 Å². The van der Waals surface area contributed by atoms with Gasteiger partial charge in [0.2, 0.25) is 0 Å². The molecule has 0 aromatic carbocycles. The van der Waals surface area contributed by atoms with Gasteiger partial charge in [-0.2, -0.15) is 0 Å². The molecule has 2 heteroatoms. The van der Waals surface area contributed by atoms with Crippen molar-refractivity contribution in [3.05, 3.63) is 0 Å². The maximum atomic E-state index is 12.7. The zero-order chi connectivity index (χ0) is 14.7. The molecule has 1 rings (SSSR count). The topological polar surface area (TPSA) is 29.1 Å². The summed E-state index contributed by atoms with van der Waals surface area (Å²) < 4.78 is 0. The highest BCUT2D eigenvalue weighted by atomic mass is 16.1. The van der Waals surface area contributed by atoms with E-state index >= 15 is 0 Å². The zero-order valence-corrected chi connectivity index (χ0v) is 13.8. The number of rotatable bonds is 4. The minimum atomic E-state index is -0.252. The molecule has 112 valence electrons. The van der Waals surface area contributed by atoms with Crippen LogP contribution in [0.25, 0.3) is 0 Å². The highest BCUT2D eigenvalue weighted by Crippen LogP contribution is 2.30. The van der Waals surface area contributed by atoms with Crippen molar-refractivity contribution in [2.24, 2.45) is 11.3 Å². The third-order valence-corrected chi connectivity index (χ3v) is 3.96. The van der Waals surface area contributed by atoms with E-state index in [-0.39, 0.29) is 17.0 Å². The van der Waals surface area contributed by atoms with Crippen LogP contribution in [0.4, 0.5) is 0 Å². The lowest BCUT2D eigenvalue weighted by Gasteiger charge is -2.34. The van der Waals surface area contributed by atoms with Gasteiger partial charge in [0, 0.05) is 11.0 Å². The molecule has 1 N–H and O–H groups in total. The lowest BCUT2D eigenvalue weighted by Crippen LogP contribution is -2.51. The second kappa shape index (κ2) is 6.39. The molecule has 0 bridgehead atoms. The molecule has 0 spiro atoms. The normalized spacial score (nSPS) is 20.3. The number of carbonyl (C=O) groups is 1. The maximum Gasteiger partial charge on any atom is 0.155 e. The molecular formula is C17H33NO. The van der Waals surface area contributed by atoms with E-state index in [0.717, 1.165) is 12.3 Å². The first-order valence-electron chi connectivity index (χ1n) is 7.91. The van der Waals surface area contributed by atoms with Gasteiger partial charge in [-0.15, -0.1) is 0 Å². The summed E-state index contributed by atoms with van der Waals surface area (Å²) in [5.41, 5.74) is -0.252. The van der Waals surface area contributed by atoms with Crippen LogP contribution in [0, 0.1) is 11.3 Å². The molecule has 1 aliphatic carbocycles. The number of ketones is 1. The van der Waals surface area contributed by atoms with Crippen molar-refractivity contribution in [1.29, 1.82) is 0 Å². The predicted octanol–water partition coefficient (Wildman–Crippen LogP) is 4.33. The van der Waals surface area contributed by atoms with Crippen molar-refractivity contribution in [2.45, 2.75) is 91.6 Å². The number of hydrogen-bond donors (Lipinski definition) is 1. The van der Waals surface area contributed by atoms with Crippen LogP contribution in [0.2, 0.25) is 0 Å². The molecule has 0 amide bonds. The lowest BCUT2D eigenvalue weighted by atomic mass is 9.78. The van der Waals surface area contributed by atoms with Gasteiger partial charge in [0.1, 0.15) is 0 Å². The van der Waals surface area contributed by atoms with E-state index in [1.807, 2.05) is 20.8 Å². The molecule has 0 aromatic rings. The predicted molar refractivity (Wildman–Crippen MR) is 82.3 cm³/mol. The van der Waals surface area contributed by atoms with E-state index in [4.69, 9.17) is 0 Å². The quantitative estimate of drug-likeness (QED) is 0.821. The Morgan fingerprint density at radius 2 is 1.58 bits per heavy atom. The molecule has 1 atom stereocenters. The smallest absolute Gasteiger partial charge is 0.155 e. The molecular weight excluding hydrogens is 234 g/mol. The van der Waals surface area contributed by atoms with E-state index in [2.05, 4.69) is 26.1 Å². The van der Waals surface area contributed by atoms with Crippen LogP contribution < -0.4 is 5.32 Å². The lowest BCUT2D eigenvalue weighted by molar-refractivity contribution is -0.129. The summed E-state index contributed by atoms with van der Waals surface area (Å²) in [7, 11) is 0. The molecule has 1 fully saturated rings. The molecule has 1 saturated carbocycles. The summed E-state index contributed by atoms with van der Waals surface area (Å²) in [5.74, 6) is 1.10. The Morgan fingerprint density at radius 3 is 2.00 bits per heavy atom. The minimum Gasteiger partial charge on any atom is -0.303 e. The van der Waals surface area contributed by atoms with Crippen LogP contribution in [0.1, 0.15) is 80.1 Å². The van der Waals surface area contributed by atoms with Gasteiger partial charge in [0.05, 0.1) is 6.04 Å². The summed E-state index contributed by atoms with van der Waals surface area (Å²) in [5, 5.41) is 3.56. The first-order chi connectivity index (χ1) is 8.59. The molecule has 0 saturated heterocycles. The van der Waals surface area contributed by atoms with Crippen LogP contribution >= 0.6 is 0 Å². The Bertz CT molecular complexity index is 289. The van der Waals surface area contributed by atoms with Gasteiger partial charge in [0.25, 0.3) is 0 Å². The van der Waals surface area contributed by atoms with Gasteiger partial charge in [-0.25, -0.2) is 0 Å². The molecule has 0 unspecified atom stereocenters. The third-order valence-electron chi connectivity index (χ3n) is 3.96. The summed E-state index contributed by atoms with van der Waals surface area (Å²) in [6.07, 6.45) is 7.70. The van der Waals surface area contributed by atoms with E-state index in [9.17, 15) is 4.79 Å². The first kappa shape index (κ1) is 16.7. The second-order valence-electron chi connectivity index (χ2n) is 8.30. The monoisotopic (exact) mass is 267 g/mol. The maximum absolute atomic E-state index is 12.7. The molecule has 2 nitrogen and oxygen atoms in total. The second-order valence-corrected chi connectivity index (χ2v) is 8.30. The van der Waals surface area contributed by atoms with Gasteiger partial charge in [0.15, 0.2) is 5.78 Å². The van der Waals surface area contributed by atoms with Crippen molar-refractivity contribution in [1.82, 2.24) is 5.32 Å². The Morgan fingerprint density at radius 1 is 1.05 bits per heavy atom. The molecule has 0 heterocycles. The number of hydrogen-bond acceptors (Lipinski definition) is 2. The standard InChI is InChI=1S/C17H33NO/c1-16(2,3)15(19)14(18-17(4,5)6)12-13-10-8-7-9-11-13/h13-14,18H,7-12H2,1-6H3/t14-/m0/s1. The van der Waals surface area contributed by atoms with E-state index < -0.39 is 0 Å². The minimum absolute atomic E-state index is 0.000242. The summed E-state index contributed by atoms with van der Waals surface area (Å²) in [6, 6.07) is 0.0168. The van der Waals surface area contributed by atoms with E-state index in [1.54, 1.807) is 0 Å². The van der Waals surface area contributed by atoms with Crippen molar-refractivity contribution in [3.63, 3.8) is 0 Å². The average Bonchev–Trinajstić information content (AvgIpc) is 2.25. The summed E-state index contributed by atoms with van der Waals surface area (Å²) >= 11 is 0. The zero-order valence-electron chi connectivity index (χ0n) is 13.8. The van der Waals surface area contributed by atoms with Crippen molar-refractivity contribution in [2.75, 3.05) is 0 Å². The average molecular weight is 267 g/mol. The molecule has 19 heavy (non-hydrogen) atoms. The SMILES string of the molecule is CC(C)(C)N[C@@H](CC1CCCCC1)C(=O)C(C)(C)C. The van der Waals surface area contributed by atoms with E-state index in [1.165, 1.54) is 32.1 Å². The number of Topliss-reactive ketones (excluding diaryl/α,β-unsaturated/α-hetero) is 1. The summed E-state index contributed by atoms with van der Waals surface area (Å²) in [4.78, 5) is 12.7. The first-order valence-corrected chi connectivity index (χ1v) is 7.91. The highest BCUT2D eigenvalue weighted by molar-refractivity contribution is 5.88. The van der Waals surface area contributed by atoms with E-state index in [0.29, 0.717) is 5.78 Å². The van der Waals surface area contributed by atoms with Crippen LogP contribution in [-0.2, 0) is 4.79 Å². The highest BCUT2D eigenvalue weighted by Gasteiger charge is 2.33. The van der Waals surface area contributed by atoms with Crippen LogP contribution in [0.15, 0.2) is 0 Å².